The Balaban J connectivity index is 2.40. The number of nitrogens with zero attached hydrogens (tertiary/aromatic N) is 1. The van der Waals surface area contributed by atoms with Gasteiger partial charge in [0.1, 0.15) is 11.6 Å². The highest BCUT2D eigenvalue weighted by atomic mass is 16.4. The molecule has 108 valence electrons. The lowest BCUT2D eigenvalue weighted by Gasteiger charge is -2.33. The topological polar surface area (TPSA) is 90.5 Å². The van der Waals surface area contributed by atoms with Crippen molar-refractivity contribution in [2.24, 2.45) is 0 Å². The third-order valence-electron chi connectivity index (χ3n) is 3.63. The van der Waals surface area contributed by atoms with E-state index in [1.54, 1.807) is 19.9 Å². The number of piperidine rings is 1. The van der Waals surface area contributed by atoms with Crippen LogP contribution in [0.15, 0.2) is 10.9 Å². The highest BCUT2D eigenvalue weighted by Gasteiger charge is 2.34. The number of amides is 1. The highest BCUT2D eigenvalue weighted by Crippen LogP contribution is 2.20. The zero-order valence-electron chi connectivity index (χ0n) is 11.6. The largest absolute Gasteiger partial charge is 0.480 e. The summed E-state index contributed by atoms with van der Waals surface area (Å²) in [4.78, 5) is 39.6. The molecule has 0 saturated carbocycles. The van der Waals surface area contributed by atoms with Crippen LogP contribution >= 0.6 is 0 Å². The maximum Gasteiger partial charge on any atom is 0.326 e. The van der Waals surface area contributed by atoms with Gasteiger partial charge in [0.15, 0.2) is 0 Å². The average molecular weight is 278 g/mol. The van der Waals surface area contributed by atoms with Crippen molar-refractivity contribution in [1.82, 2.24) is 9.88 Å². The molecule has 0 aliphatic carbocycles. The third-order valence-corrected chi connectivity index (χ3v) is 3.63. The molecule has 0 spiro atoms. The van der Waals surface area contributed by atoms with Gasteiger partial charge in [-0.1, -0.05) is 0 Å². The number of hydrogen-bond acceptors (Lipinski definition) is 3. The summed E-state index contributed by atoms with van der Waals surface area (Å²) in [5, 5.41) is 9.21. The van der Waals surface area contributed by atoms with Crippen molar-refractivity contribution in [2.45, 2.75) is 39.2 Å². The Morgan fingerprint density at radius 2 is 2.05 bits per heavy atom. The molecule has 1 saturated heterocycles. The third kappa shape index (κ3) is 2.59. The SMILES string of the molecule is Cc1cc(C)c(C(=O)N2CCCC[C@@H]2C(=O)O)c(=O)[nH]1. The summed E-state index contributed by atoms with van der Waals surface area (Å²) in [7, 11) is 0. The summed E-state index contributed by atoms with van der Waals surface area (Å²) in [6.45, 7) is 3.81. The molecule has 1 aromatic heterocycles. The van der Waals surface area contributed by atoms with Gasteiger partial charge in [-0.3, -0.25) is 9.59 Å². The van der Waals surface area contributed by atoms with Crippen LogP contribution in [0, 0.1) is 13.8 Å². The summed E-state index contributed by atoms with van der Waals surface area (Å²) >= 11 is 0. The summed E-state index contributed by atoms with van der Waals surface area (Å²) in [6.07, 6.45) is 1.98. The molecule has 1 fully saturated rings. The van der Waals surface area contributed by atoms with Gasteiger partial charge in [0.25, 0.3) is 11.5 Å². The number of aliphatic carboxylic acids is 1. The molecule has 0 radical (unpaired) electrons. The van der Waals surface area contributed by atoms with E-state index in [1.165, 1.54) is 4.90 Å². The molecule has 2 rings (SSSR count). The van der Waals surface area contributed by atoms with Crippen LogP contribution < -0.4 is 5.56 Å². The number of carbonyl (C=O) groups is 2. The van der Waals surface area contributed by atoms with Gasteiger partial charge < -0.3 is 15.0 Å². The first kappa shape index (κ1) is 14.3. The zero-order chi connectivity index (χ0) is 14.9. The number of carboxylic acid groups (broad SMARTS) is 1. The van der Waals surface area contributed by atoms with E-state index in [0.29, 0.717) is 24.2 Å². The number of hydrogen-bond donors (Lipinski definition) is 2. The van der Waals surface area contributed by atoms with Crippen LogP contribution in [0.2, 0.25) is 0 Å². The van der Waals surface area contributed by atoms with Crippen LogP contribution in [0.3, 0.4) is 0 Å². The quantitative estimate of drug-likeness (QED) is 0.846. The number of rotatable bonds is 2. The number of aryl methyl sites for hydroxylation is 2. The maximum absolute atomic E-state index is 12.5. The molecular formula is C14H18N2O4. The number of nitrogens with one attached hydrogen (secondary N) is 1. The molecule has 0 unspecified atom stereocenters. The molecule has 0 aromatic carbocycles. The van der Waals surface area contributed by atoms with Crippen LogP contribution in [0.4, 0.5) is 0 Å². The van der Waals surface area contributed by atoms with E-state index >= 15 is 0 Å². The van der Waals surface area contributed by atoms with E-state index in [1.807, 2.05) is 0 Å². The average Bonchev–Trinajstić information content (AvgIpc) is 2.37. The molecule has 6 nitrogen and oxygen atoms in total. The predicted molar refractivity (Wildman–Crippen MR) is 72.8 cm³/mol. The van der Waals surface area contributed by atoms with Crippen LogP contribution in [-0.4, -0.2) is 39.5 Å². The lowest BCUT2D eigenvalue weighted by atomic mass is 10.00. The fourth-order valence-electron chi connectivity index (χ4n) is 2.69. The Labute approximate surface area is 116 Å². The van der Waals surface area contributed by atoms with Crippen molar-refractivity contribution >= 4 is 11.9 Å². The molecule has 2 N–H and O–H groups in total. The smallest absolute Gasteiger partial charge is 0.326 e. The summed E-state index contributed by atoms with van der Waals surface area (Å²) in [6, 6.07) is 0.880. The maximum atomic E-state index is 12.5. The normalized spacial score (nSPS) is 18.9. The Kier molecular flexibility index (Phi) is 3.92. The fourth-order valence-corrected chi connectivity index (χ4v) is 2.69. The van der Waals surface area contributed by atoms with Gasteiger partial charge >= 0.3 is 5.97 Å². The second-order valence-electron chi connectivity index (χ2n) is 5.19. The summed E-state index contributed by atoms with van der Waals surface area (Å²) < 4.78 is 0. The highest BCUT2D eigenvalue weighted by molar-refractivity contribution is 5.97. The van der Waals surface area contributed by atoms with Crippen LogP contribution in [-0.2, 0) is 4.79 Å². The van der Waals surface area contributed by atoms with E-state index in [4.69, 9.17) is 0 Å². The number of pyridine rings is 1. The van der Waals surface area contributed by atoms with Crippen LogP contribution in [0.1, 0.15) is 40.9 Å². The first-order chi connectivity index (χ1) is 9.41. The lowest BCUT2D eigenvalue weighted by Crippen LogP contribution is -2.49. The Morgan fingerprint density at radius 3 is 2.65 bits per heavy atom. The molecular weight excluding hydrogens is 260 g/mol. The van der Waals surface area contributed by atoms with Crippen molar-refractivity contribution in [1.29, 1.82) is 0 Å². The minimum absolute atomic E-state index is 0.0451. The van der Waals surface area contributed by atoms with Crippen molar-refractivity contribution < 1.29 is 14.7 Å². The Bertz CT molecular complexity index is 606. The monoisotopic (exact) mass is 278 g/mol. The first-order valence-corrected chi connectivity index (χ1v) is 6.66. The van der Waals surface area contributed by atoms with E-state index in [-0.39, 0.29) is 5.56 Å². The first-order valence-electron chi connectivity index (χ1n) is 6.66. The molecule has 2 heterocycles. The van der Waals surface area contributed by atoms with Gasteiger partial charge in [-0.25, -0.2) is 4.79 Å². The van der Waals surface area contributed by atoms with Crippen molar-refractivity contribution in [3.63, 3.8) is 0 Å². The molecule has 1 atom stereocenters. The van der Waals surface area contributed by atoms with Gasteiger partial charge in [0, 0.05) is 12.2 Å². The predicted octanol–water partition coefficient (Wildman–Crippen LogP) is 1.07. The standard InChI is InChI=1S/C14H18N2O4/c1-8-7-9(2)15-12(17)11(8)13(18)16-6-4-3-5-10(16)14(19)20/h7,10H,3-6H2,1-2H3,(H,15,17)(H,19,20)/t10-/m1/s1. The number of carboxylic acids is 1. The number of H-pyrrole nitrogens is 1. The zero-order valence-corrected chi connectivity index (χ0v) is 11.6. The molecule has 6 heteroatoms. The van der Waals surface area contributed by atoms with E-state index < -0.39 is 23.5 Å². The summed E-state index contributed by atoms with van der Waals surface area (Å²) in [5.41, 5.74) is 0.842. The molecule has 20 heavy (non-hydrogen) atoms. The van der Waals surface area contributed by atoms with Gasteiger partial charge in [0.2, 0.25) is 0 Å². The Morgan fingerprint density at radius 1 is 1.35 bits per heavy atom. The molecule has 1 aliphatic heterocycles. The van der Waals surface area contributed by atoms with E-state index in [0.717, 1.165) is 12.8 Å². The van der Waals surface area contributed by atoms with Gasteiger partial charge in [-0.05, 0) is 44.7 Å². The molecule has 1 amide bonds. The van der Waals surface area contributed by atoms with Crippen molar-refractivity contribution in [3.8, 4) is 0 Å². The Hall–Kier alpha value is -2.11. The molecule has 0 bridgehead atoms. The lowest BCUT2D eigenvalue weighted by molar-refractivity contribution is -0.143. The van der Waals surface area contributed by atoms with E-state index in [9.17, 15) is 19.5 Å². The number of likely N-dealkylation sites (tertiary alicyclic amines) is 1. The minimum Gasteiger partial charge on any atom is -0.480 e. The van der Waals surface area contributed by atoms with Crippen molar-refractivity contribution in [3.05, 3.63) is 33.2 Å². The second-order valence-corrected chi connectivity index (χ2v) is 5.19. The second kappa shape index (κ2) is 5.48. The van der Waals surface area contributed by atoms with Gasteiger partial charge in [-0.15, -0.1) is 0 Å². The summed E-state index contributed by atoms with van der Waals surface area (Å²) in [5.74, 6) is -1.50. The number of carbonyl (C=O) groups excluding carboxylic acids is 1. The van der Waals surface area contributed by atoms with Crippen LogP contribution in [0.5, 0.6) is 0 Å². The molecule has 1 aromatic rings. The minimum atomic E-state index is -1.01. The number of aromatic amines is 1. The molecule has 1 aliphatic rings. The fraction of sp³-hybridized carbons (Fsp3) is 0.500. The van der Waals surface area contributed by atoms with Crippen LogP contribution in [0.25, 0.3) is 0 Å². The van der Waals surface area contributed by atoms with Crippen molar-refractivity contribution in [2.75, 3.05) is 6.54 Å². The van der Waals surface area contributed by atoms with Gasteiger partial charge in [-0.2, -0.15) is 0 Å². The van der Waals surface area contributed by atoms with E-state index in [2.05, 4.69) is 4.98 Å². The number of aromatic nitrogens is 1. The van der Waals surface area contributed by atoms with Gasteiger partial charge in [0.05, 0.1) is 0 Å².